The number of hydrogen-bond acceptors (Lipinski definition) is 10. The van der Waals surface area contributed by atoms with Gasteiger partial charge >= 0.3 is 5.97 Å². The van der Waals surface area contributed by atoms with Crippen molar-refractivity contribution in [1.82, 2.24) is 0 Å². The minimum absolute atomic E-state index is 0.0682. The molecule has 3 aromatic carbocycles. The molecule has 0 radical (unpaired) electrons. The summed E-state index contributed by atoms with van der Waals surface area (Å²) in [5.41, 5.74) is 1.05. The largest absolute Gasteiger partial charge is 0.493 e. The molecule has 1 aliphatic rings. The Morgan fingerprint density at radius 3 is 1.92 bits per heavy atom. The quantitative estimate of drug-likeness (QED) is 0.225. The molecule has 0 fully saturated rings. The third-order valence-corrected chi connectivity index (χ3v) is 5.77. The summed E-state index contributed by atoms with van der Waals surface area (Å²) in [7, 11) is 8.86. The summed E-state index contributed by atoms with van der Waals surface area (Å²) in [4.78, 5) is 25.9. The SMILES string of the molecule is COc1cc(C(=O)Oc2ccc3c(c2)OC(=Cc2ccc(OC)c(OC)c2OC)C3=O)cc(OC)c1OC. The molecular formula is C28H26O10. The van der Waals surface area contributed by atoms with Crippen molar-refractivity contribution < 1.29 is 47.5 Å². The second-order valence-corrected chi connectivity index (χ2v) is 7.82. The van der Waals surface area contributed by atoms with Gasteiger partial charge in [-0.3, -0.25) is 4.79 Å². The van der Waals surface area contributed by atoms with Gasteiger partial charge in [0.1, 0.15) is 11.5 Å². The Balaban J connectivity index is 1.60. The van der Waals surface area contributed by atoms with Gasteiger partial charge in [-0.05, 0) is 42.5 Å². The van der Waals surface area contributed by atoms with Gasteiger partial charge < -0.3 is 37.9 Å². The number of Topliss-reactive ketones (excluding diaryl/α,β-unsaturated/α-hetero) is 1. The maximum Gasteiger partial charge on any atom is 0.343 e. The molecule has 0 saturated carbocycles. The van der Waals surface area contributed by atoms with Crippen molar-refractivity contribution in [2.45, 2.75) is 0 Å². The number of esters is 1. The third-order valence-electron chi connectivity index (χ3n) is 5.77. The Morgan fingerprint density at radius 2 is 1.34 bits per heavy atom. The lowest BCUT2D eigenvalue weighted by atomic mass is 10.1. The maximum atomic E-state index is 13.0. The van der Waals surface area contributed by atoms with Gasteiger partial charge in [-0.1, -0.05) is 0 Å². The summed E-state index contributed by atoms with van der Waals surface area (Å²) < 4.78 is 43.4. The van der Waals surface area contributed by atoms with Crippen LogP contribution in [0.4, 0.5) is 0 Å². The summed E-state index contributed by atoms with van der Waals surface area (Å²) in [5, 5.41) is 0. The van der Waals surface area contributed by atoms with Crippen LogP contribution in [0.2, 0.25) is 0 Å². The molecule has 0 N–H and O–H groups in total. The second-order valence-electron chi connectivity index (χ2n) is 7.82. The summed E-state index contributed by atoms with van der Waals surface area (Å²) in [5.74, 6) is 1.70. The molecule has 0 aromatic heterocycles. The van der Waals surface area contributed by atoms with Crippen LogP contribution in [0.5, 0.6) is 46.0 Å². The number of fused-ring (bicyclic) bond motifs is 1. The van der Waals surface area contributed by atoms with E-state index in [1.165, 1.54) is 73.0 Å². The molecule has 0 bridgehead atoms. The van der Waals surface area contributed by atoms with E-state index in [0.717, 1.165) is 0 Å². The van der Waals surface area contributed by atoms with Crippen LogP contribution in [0.1, 0.15) is 26.3 Å². The Kier molecular flexibility index (Phi) is 7.61. The zero-order valence-corrected chi connectivity index (χ0v) is 21.7. The number of ether oxygens (including phenoxy) is 8. The Hall–Kier alpha value is -4.86. The fraction of sp³-hybridized carbons (Fsp3) is 0.214. The van der Waals surface area contributed by atoms with E-state index in [2.05, 4.69) is 0 Å². The zero-order chi connectivity index (χ0) is 27.4. The van der Waals surface area contributed by atoms with E-state index in [1.54, 1.807) is 18.2 Å². The highest BCUT2D eigenvalue weighted by Gasteiger charge is 2.29. The predicted molar refractivity (Wildman–Crippen MR) is 137 cm³/mol. The second kappa shape index (κ2) is 11.0. The topological polar surface area (TPSA) is 108 Å². The average Bonchev–Trinajstić information content (AvgIpc) is 3.25. The van der Waals surface area contributed by atoms with E-state index < -0.39 is 5.97 Å². The van der Waals surface area contributed by atoms with Gasteiger partial charge in [0.2, 0.25) is 17.3 Å². The van der Waals surface area contributed by atoms with Crippen LogP contribution in [-0.4, -0.2) is 54.4 Å². The van der Waals surface area contributed by atoms with Crippen molar-refractivity contribution in [2.75, 3.05) is 42.7 Å². The number of methoxy groups -OCH3 is 6. The van der Waals surface area contributed by atoms with Gasteiger partial charge in [-0.25, -0.2) is 4.79 Å². The number of benzene rings is 3. The number of carbonyl (C=O) groups is 2. The van der Waals surface area contributed by atoms with Gasteiger partial charge in [-0.15, -0.1) is 0 Å². The van der Waals surface area contributed by atoms with Gasteiger partial charge in [0.05, 0.1) is 53.8 Å². The van der Waals surface area contributed by atoms with Crippen LogP contribution in [0.3, 0.4) is 0 Å². The molecule has 0 amide bonds. The van der Waals surface area contributed by atoms with E-state index in [4.69, 9.17) is 37.9 Å². The van der Waals surface area contributed by atoms with Crippen LogP contribution >= 0.6 is 0 Å². The first-order valence-electron chi connectivity index (χ1n) is 11.3. The summed E-state index contributed by atoms with van der Waals surface area (Å²) in [6.45, 7) is 0. The number of ketones is 1. The Labute approximate surface area is 219 Å². The van der Waals surface area contributed by atoms with Crippen molar-refractivity contribution in [1.29, 1.82) is 0 Å². The monoisotopic (exact) mass is 522 g/mol. The Bertz CT molecular complexity index is 1400. The lowest BCUT2D eigenvalue weighted by molar-refractivity contribution is 0.0733. The van der Waals surface area contributed by atoms with Crippen LogP contribution in [-0.2, 0) is 0 Å². The van der Waals surface area contributed by atoms with E-state index in [1.807, 2.05) is 0 Å². The van der Waals surface area contributed by atoms with Gasteiger partial charge in [0.15, 0.2) is 28.8 Å². The predicted octanol–water partition coefficient (Wildman–Crippen LogP) is 4.57. The molecule has 0 atom stereocenters. The normalized spacial score (nSPS) is 12.9. The molecule has 0 unspecified atom stereocenters. The fourth-order valence-corrected chi connectivity index (χ4v) is 3.97. The molecule has 1 aliphatic heterocycles. The molecule has 0 saturated heterocycles. The van der Waals surface area contributed by atoms with Crippen molar-refractivity contribution in [3.05, 3.63) is 64.9 Å². The van der Waals surface area contributed by atoms with Crippen molar-refractivity contribution in [2.24, 2.45) is 0 Å². The molecule has 38 heavy (non-hydrogen) atoms. The fourth-order valence-electron chi connectivity index (χ4n) is 3.97. The number of allylic oxidation sites excluding steroid dienone is 1. The maximum absolute atomic E-state index is 13.0. The molecule has 0 spiro atoms. The minimum atomic E-state index is -0.667. The molecule has 0 aliphatic carbocycles. The van der Waals surface area contributed by atoms with Crippen LogP contribution in [0, 0.1) is 0 Å². The molecule has 10 heteroatoms. The van der Waals surface area contributed by atoms with E-state index in [0.29, 0.717) is 45.6 Å². The van der Waals surface area contributed by atoms with Crippen molar-refractivity contribution in [3.63, 3.8) is 0 Å². The highest BCUT2D eigenvalue weighted by atomic mass is 16.5. The van der Waals surface area contributed by atoms with E-state index >= 15 is 0 Å². The molecular weight excluding hydrogens is 496 g/mol. The smallest absolute Gasteiger partial charge is 0.343 e. The lowest BCUT2D eigenvalue weighted by Gasteiger charge is -2.14. The molecule has 198 valence electrons. The molecule has 4 rings (SSSR count). The van der Waals surface area contributed by atoms with Crippen LogP contribution in [0.25, 0.3) is 6.08 Å². The van der Waals surface area contributed by atoms with Crippen LogP contribution in [0.15, 0.2) is 48.2 Å². The molecule has 10 nitrogen and oxygen atoms in total. The van der Waals surface area contributed by atoms with Gasteiger partial charge in [0.25, 0.3) is 0 Å². The van der Waals surface area contributed by atoms with Gasteiger partial charge in [0, 0.05) is 11.6 Å². The number of hydrogen-bond donors (Lipinski definition) is 0. The molecule has 1 heterocycles. The van der Waals surface area contributed by atoms with Crippen molar-refractivity contribution >= 4 is 17.8 Å². The molecule has 3 aromatic rings. The van der Waals surface area contributed by atoms with Gasteiger partial charge in [-0.2, -0.15) is 0 Å². The summed E-state index contributed by atoms with van der Waals surface area (Å²) >= 11 is 0. The Morgan fingerprint density at radius 1 is 0.711 bits per heavy atom. The first-order valence-corrected chi connectivity index (χ1v) is 11.3. The first-order chi connectivity index (χ1) is 18.4. The summed E-state index contributed by atoms with van der Waals surface area (Å²) in [6, 6.07) is 10.9. The lowest BCUT2D eigenvalue weighted by Crippen LogP contribution is -2.09. The standard InChI is InChI=1S/C28H26O10/c1-31-19-10-7-15(25(34-4)27(19)36-6)11-21-24(29)18-9-8-17(14-20(18)38-21)37-28(30)16-12-22(32-2)26(35-5)23(13-16)33-3/h7-14H,1-6H3. The summed E-state index contributed by atoms with van der Waals surface area (Å²) in [6.07, 6.45) is 1.55. The zero-order valence-electron chi connectivity index (χ0n) is 21.7. The third kappa shape index (κ3) is 4.75. The van der Waals surface area contributed by atoms with E-state index in [9.17, 15) is 9.59 Å². The van der Waals surface area contributed by atoms with Crippen LogP contribution < -0.4 is 37.9 Å². The number of rotatable bonds is 9. The minimum Gasteiger partial charge on any atom is -0.493 e. The van der Waals surface area contributed by atoms with Crippen molar-refractivity contribution in [3.8, 4) is 46.0 Å². The average molecular weight is 523 g/mol. The number of carbonyl (C=O) groups excluding carboxylic acids is 2. The highest BCUT2D eigenvalue weighted by Crippen LogP contribution is 2.42. The van der Waals surface area contributed by atoms with E-state index in [-0.39, 0.29) is 28.6 Å². The first kappa shape index (κ1) is 26.2. The highest BCUT2D eigenvalue weighted by molar-refractivity contribution is 6.14.